The van der Waals surface area contributed by atoms with Gasteiger partial charge in [0.2, 0.25) is 0 Å². The highest BCUT2D eigenvalue weighted by molar-refractivity contribution is 7.18. The van der Waals surface area contributed by atoms with Crippen molar-refractivity contribution in [2.24, 2.45) is 11.3 Å². The minimum absolute atomic E-state index is 0.0203. The van der Waals surface area contributed by atoms with Gasteiger partial charge in [-0.3, -0.25) is 4.79 Å². The predicted octanol–water partition coefficient (Wildman–Crippen LogP) is 3.07. The Balaban J connectivity index is 1.61. The first-order valence-electron chi connectivity index (χ1n) is 7.44. The number of carbonyl (C=O) groups is 1. The largest absolute Gasteiger partial charge is 0.397 e. The highest BCUT2D eigenvalue weighted by Gasteiger charge is 2.45. The molecule has 2 fully saturated rings. The number of anilines is 2. The Hall–Kier alpha value is -1.23. The van der Waals surface area contributed by atoms with E-state index in [1.165, 1.54) is 24.2 Å². The van der Waals surface area contributed by atoms with Gasteiger partial charge in [-0.25, -0.2) is 0 Å². The van der Waals surface area contributed by atoms with Crippen LogP contribution >= 0.6 is 11.3 Å². The van der Waals surface area contributed by atoms with Crippen LogP contribution in [0.2, 0.25) is 0 Å². The minimum atomic E-state index is -0.0203. The number of hydrogen-bond donors (Lipinski definition) is 3. The summed E-state index contributed by atoms with van der Waals surface area (Å²) in [6.45, 7) is 5.55. The molecule has 2 aliphatic rings. The molecular weight excluding hydrogens is 270 g/mol. The summed E-state index contributed by atoms with van der Waals surface area (Å²) in [5, 5.41) is 7.47. The van der Waals surface area contributed by atoms with Crippen molar-refractivity contribution in [3.63, 3.8) is 0 Å². The van der Waals surface area contributed by atoms with Crippen LogP contribution in [-0.4, -0.2) is 18.5 Å². The molecule has 0 saturated heterocycles. The van der Waals surface area contributed by atoms with Gasteiger partial charge in [0, 0.05) is 12.6 Å². The number of thiophene rings is 1. The van der Waals surface area contributed by atoms with E-state index in [1.54, 1.807) is 0 Å². The van der Waals surface area contributed by atoms with E-state index >= 15 is 0 Å². The third kappa shape index (κ3) is 2.77. The maximum atomic E-state index is 12.0. The summed E-state index contributed by atoms with van der Waals surface area (Å²) in [5.41, 5.74) is 7.00. The third-order valence-corrected chi connectivity index (χ3v) is 5.72. The van der Waals surface area contributed by atoms with Crippen LogP contribution in [0.15, 0.2) is 6.07 Å². The topological polar surface area (TPSA) is 67.1 Å². The number of nitrogens with one attached hydrogen (secondary N) is 2. The molecule has 0 bridgehead atoms. The smallest absolute Gasteiger partial charge is 0.263 e. The molecule has 1 aromatic rings. The van der Waals surface area contributed by atoms with Crippen molar-refractivity contribution in [2.75, 3.05) is 17.6 Å². The summed E-state index contributed by atoms with van der Waals surface area (Å²) < 4.78 is 0. The standard InChI is InChI=1S/C15H23N3OS/c1-9(2)15(5-6-15)8-17-12-7-11(16)13(20-12)14(19)18-10-3-4-10/h7,9-10,17H,3-6,8,16H2,1-2H3,(H,18,19). The number of rotatable bonds is 6. The normalized spacial score (nSPS) is 19.9. The van der Waals surface area contributed by atoms with E-state index in [4.69, 9.17) is 5.73 Å². The molecule has 5 heteroatoms. The zero-order chi connectivity index (χ0) is 14.3. The quantitative estimate of drug-likeness (QED) is 0.755. The second-order valence-electron chi connectivity index (χ2n) is 6.51. The number of carbonyl (C=O) groups excluding carboxylic acids is 1. The number of hydrogen-bond acceptors (Lipinski definition) is 4. The highest BCUT2D eigenvalue weighted by Crippen LogP contribution is 2.52. The van der Waals surface area contributed by atoms with Crippen molar-refractivity contribution in [1.82, 2.24) is 5.32 Å². The van der Waals surface area contributed by atoms with Gasteiger partial charge in [-0.05, 0) is 43.1 Å². The molecule has 0 aliphatic heterocycles. The Morgan fingerprint density at radius 2 is 2.20 bits per heavy atom. The van der Waals surface area contributed by atoms with Gasteiger partial charge in [-0.2, -0.15) is 0 Å². The molecule has 1 heterocycles. The van der Waals surface area contributed by atoms with Crippen molar-refractivity contribution in [3.8, 4) is 0 Å². The molecular formula is C15H23N3OS. The monoisotopic (exact) mass is 293 g/mol. The average molecular weight is 293 g/mol. The Labute approximate surface area is 124 Å². The first-order chi connectivity index (χ1) is 9.50. The van der Waals surface area contributed by atoms with Crippen LogP contribution in [-0.2, 0) is 0 Å². The van der Waals surface area contributed by atoms with Gasteiger partial charge < -0.3 is 16.4 Å². The molecule has 0 radical (unpaired) electrons. The zero-order valence-electron chi connectivity index (χ0n) is 12.2. The molecule has 2 aliphatic carbocycles. The lowest BCUT2D eigenvalue weighted by Gasteiger charge is -2.19. The van der Waals surface area contributed by atoms with Gasteiger partial charge in [-0.15, -0.1) is 11.3 Å². The summed E-state index contributed by atoms with van der Waals surface area (Å²) in [5.74, 6) is 0.679. The SMILES string of the molecule is CC(C)C1(CNc2cc(N)c(C(=O)NC3CC3)s2)CC1. The van der Waals surface area contributed by atoms with Crippen LogP contribution in [0, 0.1) is 11.3 Å². The zero-order valence-corrected chi connectivity index (χ0v) is 13.0. The molecule has 3 rings (SSSR count). The van der Waals surface area contributed by atoms with Gasteiger partial charge in [0.05, 0.1) is 10.7 Å². The van der Waals surface area contributed by atoms with Gasteiger partial charge in [0.25, 0.3) is 5.91 Å². The molecule has 2 saturated carbocycles. The van der Waals surface area contributed by atoms with Crippen LogP contribution in [0.4, 0.5) is 10.7 Å². The maximum Gasteiger partial charge on any atom is 0.263 e. The van der Waals surface area contributed by atoms with Gasteiger partial charge in [0.15, 0.2) is 0 Å². The second-order valence-corrected chi connectivity index (χ2v) is 7.57. The number of nitrogen functional groups attached to an aromatic ring is 1. The van der Waals surface area contributed by atoms with Crippen LogP contribution < -0.4 is 16.4 Å². The van der Waals surface area contributed by atoms with E-state index < -0.39 is 0 Å². The Morgan fingerprint density at radius 3 is 2.75 bits per heavy atom. The van der Waals surface area contributed by atoms with Crippen molar-refractivity contribution < 1.29 is 4.79 Å². The maximum absolute atomic E-state index is 12.0. The van der Waals surface area contributed by atoms with Gasteiger partial charge in [-0.1, -0.05) is 13.8 Å². The van der Waals surface area contributed by atoms with Crippen LogP contribution in [0.3, 0.4) is 0 Å². The van der Waals surface area contributed by atoms with E-state index in [2.05, 4.69) is 24.5 Å². The van der Waals surface area contributed by atoms with Crippen LogP contribution in [0.1, 0.15) is 49.2 Å². The van der Waals surface area contributed by atoms with Crippen LogP contribution in [0.25, 0.3) is 0 Å². The molecule has 1 amide bonds. The van der Waals surface area contributed by atoms with Crippen molar-refractivity contribution in [3.05, 3.63) is 10.9 Å². The number of nitrogens with two attached hydrogens (primary N) is 1. The summed E-state index contributed by atoms with van der Waals surface area (Å²) in [6.07, 6.45) is 4.79. The summed E-state index contributed by atoms with van der Waals surface area (Å²) in [4.78, 5) is 12.7. The summed E-state index contributed by atoms with van der Waals surface area (Å²) in [7, 11) is 0. The van der Waals surface area contributed by atoms with Crippen LogP contribution in [0.5, 0.6) is 0 Å². The Kier molecular flexibility index (Phi) is 3.40. The fraction of sp³-hybridized carbons (Fsp3) is 0.667. The summed E-state index contributed by atoms with van der Waals surface area (Å²) in [6, 6.07) is 2.26. The van der Waals surface area contributed by atoms with Crippen molar-refractivity contribution in [1.29, 1.82) is 0 Å². The molecule has 4 nitrogen and oxygen atoms in total. The molecule has 4 N–H and O–H groups in total. The molecule has 0 aromatic carbocycles. The van der Waals surface area contributed by atoms with E-state index in [0.717, 1.165) is 24.4 Å². The van der Waals surface area contributed by atoms with Crippen molar-refractivity contribution in [2.45, 2.75) is 45.6 Å². The van der Waals surface area contributed by atoms with E-state index in [0.29, 0.717) is 27.9 Å². The van der Waals surface area contributed by atoms with E-state index in [9.17, 15) is 4.79 Å². The Bertz CT molecular complexity index is 515. The summed E-state index contributed by atoms with van der Waals surface area (Å²) >= 11 is 1.47. The minimum Gasteiger partial charge on any atom is -0.397 e. The highest BCUT2D eigenvalue weighted by atomic mass is 32.1. The molecule has 20 heavy (non-hydrogen) atoms. The fourth-order valence-electron chi connectivity index (χ4n) is 2.53. The average Bonchev–Trinajstić information content (AvgIpc) is 3.28. The Morgan fingerprint density at radius 1 is 1.50 bits per heavy atom. The lowest BCUT2D eigenvalue weighted by Crippen LogP contribution is -2.25. The second kappa shape index (κ2) is 4.95. The van der Waals surface area contributed by atoms with E-state index in [-0.39, 0.29) is 5.91 Å². The lowest BCUT2D eigenvalue weighted by molar-refractivity contribution is 0.0956. The number of amides is 1. The first kappa shape index (κ1) is 13.7. The van der Waals surface area contributed by atoms with Gasteiger partial charge >= 0.3 is 0 Å². The van der Waals surface area contributed by atoms with Gasteiger partial charge in [0.1, 0.15) is 4.88 Å². The third-order valence-electron chi connectivity index (χ3n) is 4.61. The molecule has 0 atom stereocenters. The molecule has 110 valence electrons. The van der Waals surface area contributed by atoms with Crippen molar-refractivity contribution >= 4 is 27.9 Å². The molecule has 0 spiro atoms. The van der Waals surface area contributed by atoms with E-state index in [1.807, 2.05) is 6.07 Å². The molecule has 0 unspecified atom stereocenters. The lowest BCUT2D eigenvalue weighted by atomic mass is 9.92. The predicted molar refractivity (Wildman–Crippen MR) is 84.2 cm³/mol. The molecule has 1 aromatic heterocycles. The fourth-order valence-corrected chi connectivity index (χ4v) is 3.41. The first-order valence-corrected chi connectivity index (χ1v) is 8.26.